The zero-order valence-electron chi connectivity index (χ0n) is 9.79. The van der Waals surface area contributed by atoms with Crippen LogP contribution in [0.2, 0.25) is 0 Å². The molecule has 0 spiro atoms. The summed E-state index contributed by atoms with van der Waals surface area (Å²) >= 11 is 1.89. The highest BCUT2D eigenvalue weighted by molar-refractivity contribution is 7.19. The molecule has 0 aliphatic heterocycles. The van der Waals surface area contributed by atoms with Crippen molar-refractivity contribution < 1.29 is 0 Å². The average Bonchev–Trinajstić information content (AvgIpc) is 2.64. The van der Waals surface area contributed by atoms with Gasteiger partial charge in [-0.15, -0.1) is 17.9 Å². The summed E-state index contributed by atoms with van der Waals surface area (Å²) in [5, 5.41) is 4.83. The molecule has 1 heterocycles. The van der Waals surface area contributed by atoms with Gasteiger partial charge in [0.05, 0.1) is 0 Å². The Bertz CT molecular complexity index is 498. The zero-order chi connectivity index (χ0) is 11.5. The van der Waals surface area contributed by atoms with Gasteiger partial charge in [0.1, 0.15) is 0 Å². The molecular weight excluding hydrogens is 214 g/mol. The van der Waals surface area contributed by atoms with Gasteiger partial charge in [0.15, 0.2) is 0 Å². The van der Waals surface area contributed by atoms with E-state index in [0.29, 0.717) is 6.04 Å². The lowest BCUT2D eigenvalue weighted by atomic mass is 10.1. The van der Waals surface area contributed by atoms with Crippen molar-refractivity contribution in [3.8, 4) is 0 Å². The fraction of sp³-hybridized carbons (Fsp3) is 0.286. The Hall–Kier alpha value is -1.12. The number of aryl methyl sites for hydroxylation is 1. The predicted molar refractivity (Wildman–Crippen MR) is 73.2 cm³/mol. The van der Waals surface area contributed by atoms with Crippen molar-refractivity contribution in [1.29, 1.82) is 0 Å². The summed E-state index contributed by atoms with van der Waals surface area (Å²) in [5.41, 5.74) is 1.41. The molecule has 1 aromatic carbocycles. The Morgan fingerprint density at radius 3 is 2.88 bits per heavy atom. The van der Waals surface area contributed by atoms with Crippen molar-refractivity contribution in [3.05, 3.63) is 47.4 Å². The predicted octanol–water partition coefficient (Wildman–Crippen LogP) is 4.05. The summed E-state index contributed by atoms with van der Waals surface area (Å²) in [6, 6.07) is 8.99. The highest BCUT2D eigenvalue weighted by atomic mass is 32.1. The van der Waals surface area contributed by atoms with E-state index in [-0.39, 0.29) is 0 Å². The van der Waals surface area contributed by atoms with Gasteiger partial charge < -0.3 is 5.32 Å². The van der Waals surface area contributed by atoms with Crippen LogP contribution in [0.25, 0.3) is 10.1 Å². The van der Waals surface area contributed by atoms with Gasteiger partial charge in [-0.3, -0.25) is 0 Å². The Morgan fingerprint density at radius 1 is 1.44 bits per heavy atom. The number of hydrogen-bond acceptors (Lipinski definition) is 2. The minimum absolute atomic E-state index is 0.399. The van der Waals surface area contributed by atoms with Gasteiger partial charge in [0.2, 0.25) is 0 Å². The Morgan fingerprint density at radius 2 is 2.19 bits per heavy atom. The number of hydrogen-bond donors (Lipinski definition) is 1. The molecule has 0 bridgehead atoms. The number of fused-ring (bicyclic) bond motifs is 1. The highest BCUT2D eigenvalue weighted by Gasteiger charge is 2.12. The summed E-state index contributed by atoms with van der Waals surface area (Å²) in [6.07, 6.45) is 1.90. The van der Waals surface area contributed by atoms with Gasteiger partial charge in [0, 0.05) is 22.2 Å². The first kappa shape index (κ1) is 11.4. The third-order valence-electron chi connectivity index (χ3n) is 2.84. The molecule has 84 valence electrons. The maximum absolute atomic E-state index is 3.73. The lowest BCUT2D eigenvalue weighted by Crippen LogP contribution is -2.17. The van der Waals surface area contributed by atoms with E-state index in [4.69, 9.17) is 0 Å². The average molecular weight is 231 g/mol. The maximum Gasteiger partial charge on any atom is 0.0391 e. The van der Waals surface area contributed by atoms with Crippen molar-refractivity contribution in [2.75, 3.05) is 6.54 Å². The van der Waals surface area contributed by atoms with E-state index in [1.165, 1.54) is 20.5 Å². The Balaban J connectivity index is 2.37. The first-order valence-corrected chi connectivity index (χ1v) is 6.38. The molecule has 2 rings (SSSR count). The summed E-state index contributed by atoms with van der Waals surface area (Å²) in [6.45, 7) is 9.01. The van der Waals surface area contributed by atoms with Crippen LogP contribution in [0.1, 0.15) is 23.4 Å². The second-order valence-electron chi connectivity index (χ2n) is 4.01. The number of nitrogens with one attached hydrogen (secondary N) is 1. The first-order chi connectivity index (χ1) is 7.74. The topological polar surface area (TPSA) is 12.0 Å². The number of benzene rings is 1. The fourth-order valence-corrected chi connectivity index (χ4v) is 3.20. The van der Waals surface area contributed by atoms with Crippen LogP contribution in [0.5, 0.6) is 0 Å². The molecule has 0 saturated heterocycles. The van der Waals surface area contributed by atoms with Crippen LogP contribution < -0.4 is 5.32 Å². The largest absolute Gasteiger partial charge is 0.306 e. The van der Waals surface area contributed by atoms with Crippen LogP contribution in [-0.2, 0) is 0 Å². The molecule has 1 atom stereocenters. The van der Waals surface area contributed by atoms with Gasteiger partial charge >= 0.3 is 0 Å². The molecule has 0 aliphatic carbocycles. The molecule has 0 amide bonds. The van der Waals surface area contributed by atoms with E-state index in [0.717, 1.165) is 6.54 Å². The van der Waals surface area contributed by atoms with Crippen molar-refractivity contribution in [2.45, 2.75) is 19.9 Å². The van der Waals surface area contributed by atoms with E-state index in [1.54, 1.807) is 0 Å². The van der Waals surface area contributed by atoms with Crippen molar-refractivity contribution >= 4 is 21.4 Å². The second kappa shape index (κ2) is 4.81. The molecule has 0 radical (unpaired) electrons. The molecule has 1 N–H and O–H groups in total. The minimum Gasteiger partial charge on any atom is -0.306 e. The highest BCUT2D eigenvalue weighted by Crippen LogP contribution is 2.34. The molecule has 1 nitrogen and oxygen atoms in total. The van der Waals surface area contributed by atoms with Crippen LogP contribution in [0, 0.1) is 6.92 Å². The summed E-state index contributed by atoms with van der Waals surface area (Å²) < 4.78 is 1.38. The van der Waals surface area contributed by atoms with Gasteiger partial charge in [-0.25, -0.2) is 0 Å². The fourth-order valence-electron chi connectivity index (χ4n) is 1.96. The SMILES string of the molecule is C=CCNC(C)c1sc2ccccc2c1C. The third-order valence-corrected chi connectivity index (χ3v) is 4.30. The van der Waals surface area contributed by atoms with Crippen LogP contribution in [0.4, 0.5) is 0 Å². The van der Waals surface area contributed by atoms with Crippen molar-refractivity contribution in [3.63, 3.8) is 0 Å². The standard InChI is InChI=1S/C14H17NS/c1-4-9-15-11(3)14-10(2)12-7-5-6-8-13(12)16-14/h4-8,11,15H,1,9H2,2-3H3. The van der Waals surface area contributed by atoms with Gasteiger partial charge in [0.25, 0.3) is 0 Å². The summed E-state index contributed by atoms with van der Waals surface area (Å²) in [4.78, 5) is 1.43. The van der Waals surface area contributed by atoms with Crippen LogP contribution in [-0.4, -0.2) is 6.54 Å². The van der Waals surface area contributed by atoms with Crippen LogP contribution >= 0.6 is 11.3 Å². The molecule has 0 saturated carbocycles. The van der Waals surface area contributed by atoms with Crippen molar-refractivity contribution in [2.24, 2.45) is 0 Å². The van der Waals surface area contributed by atoms with E-state index >= 15 is 0 Å². The Kier molecular flexibility index (Phi) is 3.42. The Labute approximate surface area is 101 Å². The molecular formula is C14H17NS. The van der Waals surface area contributed by atoms with Gasteiger partial charge in [-0.1, -0.05) is 24.3 Å². The summed E-state index contributed by atoms with van der Waals surface area (Å²) in [7, 11) is 0. The lowest BCUT2D eigenvalue weighted by molar-refractivity contribution is 0.625. The smallest absolute Gasteiger partial charge is 0.0391 e. The summed E-state index contributed by atoms with van der Waals surface area (Å²) in [5.74, 6) is 0. The molecule has 2 heteroatoms. The van der Waals surface area contributed by atoms with Crippen LogP contribution in [0.15, 0.2) is 36.9 Å². The minimum atomic E-state index is 0.399. The zero-order valence-corrected chi connectivity index (χ0v) is 10.6. The maximum atomic E-state index is 3.73. The molecule has 16 heavy (non-hydrogen) atoms. The van der Waals surface area contributed by atoms with Gasteiger partial charge in [-0.05, 0) is 30.9 Å². The molecule has 0 fully saturated rings. The van der Waals surface area contributed by atoms with E-state index in [1.807, 2.05) is 17.4 Å². The van der Waals surface area contributed by atoms with E-state index in [9.17, 15) is 0 Å². The van der Waals surface area contributed by atoms with E-state index < -0.39 is 0 Å². The molecule has 2 aromatic rings. The second-order valence-corrected chi connectivity index (χ2v) is 5.09. The third kappa shape index (κ3) is 2.04. The molecule has 1 unspecified atom stereocenters. The molecule has 0 aliphatic rings. The first-order valence-electron chi connectivity index (χ1n) is 5.56. The number of thiophene rings is 1. The van der Waals surface area contributed by atoms with Crippen molar-refractivity contribution in [1.82, 2.24) is 5.32 Å². The normalized spacial score (nSPS) is 12.9. The monoisotopic (exact) mass is 231 g/mol. The van der Waals surface area contributed by atoms with Crippen LogP contribution in [0.3, 0.4) is 0 Å². The van der Waals surface area contributed by atoms with E-state index in [2.05, 4.69) is 50.0 Å². The van der Waals surface area contributed by atoms with Gasteiger partial charge in [-0.2, -0.15) is 0 Å². The lowest BCUT2D eigenvalue weighted by Gasteiger charge is -2.11. The quantitative estimate of drug-likeness (QED) is 0.783. The number of rotatable bonds is 4. The molecule has 1 aromatic heterocycles.